The summed E-state index contributed by atoms with van der Waals surface area (Å²) in [5.41, 5.74) is 2.09. The van der Waals surface area contributed by atoms with E-state index in [0.717, 1.165) is 49.7 Å². The minimum absolute atomic E-state index is 0.238. The maximum absolute atomic E-state index is 6.46. The zero-order valence-corrected chi connectivity index (χ0v) is 18.8. The highest BCUT2D eigenvalue weighted by molar-refractivity contribution is 6.35. The molecule has 3 aromatic rings. The second kappa shape index (κ2) is 10.1. The molecule has 1 aromatic heterocycles. The molecule has 0 aliphatic rings. The minimum Gasteiger partial charge on any atom is -0.332 e. The standard InChI is InChI=1S/C23H28Cl2N4/c1-4-10-20(17-11-8-7-9-12-17)28(15-5-2)23-26-22(6-3)29(27-23)21-14-13-18(24)16-19(21)25/h7-9,11-14,16,20H,4-6,10,15H2,1-3H3. The van der Waals surface area contributed by atoms with Crippen LogP contribution in [0.3, 0.4) is 0 Å². The van der Waals surface area contributed by atoms with Gasteiger partial charge in [-0.05, 0) is 36.6 Å². The van der Waals surface area contributed by atoms with E-state index in [1.807, 2.05) is 16.8 Å². The Labute approximate surface area is 183 Å². The number of hydrogen-bond donors (Lipinski definition) is 0. The van der Waals surface area contributed by atoms with E-state index in [0.29, 0.717) is 10.0 Å². The molecule has 0 saturated heterocycles. The number of aryl methyl sites for hydroxylation is 1. The average molecular weight is 431 g/mol. The fourth-order valence-corrected chi connectivity index (χ4v) is 4.10. The Morgan fingerprint density at radius 3 is 2.38 bits per heavy atom. The van der Waals surface area contributed by atoms with Crippen LogP contribution < -0.4 is 4.90 Å². The lowest BCUT2D eigenvalue weighted by molar-refractivity contribution is 0.551. The van der Waals surface area contributed by atoms with Gasteiger partial charge in [-0.25, -0.2) is 4.68 Å². The molecule has 0 saturated carbocycles. The first-order valence-electron chi connectivity index (χ1n) is 10.3. The quantitative estimate of drug-likeness (QED) is 0.370. The predicted molar refractivity (Wildman–Crippen MR) is 122 cm³/mol. The van der Waals surface area contributed by atoms with Gasteiger partial charge in [-0.15, -0.1) is 5.10 Å². The monoisotopic (exact) mass is 430 g/mol. The van der Waals surface area contributed by atoms with Crippen LogP contribution in [0.5, 0.6) is 0 Å². The Kier molecular flexibility index (Phi) is 7.57. The summed E-state index contributed by atoms with van der Waals surface area (Å²) in [5.74, 6) is 1.63. The maximum Gasteiger partial charge on any atom is 0.245 e. The van der Waals surface area contributed by atoms with Gasteiger partial charge in [-0.1, -0.05) is 80.7 Å². The van der Waals surface area contributed by atoms with Crippen molar-refractivity contribution in [3.63, 3.8) is 0 Å². The van der Waals surface area contributed by atoms with Crippen LogP contribution in [0.2, 0.25) is 10.0 Å². The molecule has 154 valence electrons. The number of benzene rings is 2. The molecule has 29 heavy (non-hydrogen) atoms. The van der Waals surface area contributed by atoms with Crippen molar-refractivity contribution in [1.29, 1.82) is 0 Å². The molecule has 2 aromatic carbocycles. The van der Waals surface area contributed by atoms with Crippen LogP contribution in [0.1, 0.15) is 57.5 Å². The van der Waals surface area contributed by atoms with Gasteiger partial charge >= 0.3 is 0 Å². The van der Waals surface area contributed by atoms with Crippen LogP contribution in [0, 0.1) is 0 Å². The van der Waals surface area contributed by atoms with Crippen LogP contribution >= 0.6 is 23.2 Å². The highest BCUT2D eigenvalue weighted by Gasteiger charge is 2.24. The lowest BCUT2D eigenvalue weighted by Gasteiger charge is -2.31. The van der Waals surface area contributed by atoms with Crippen LogP contribution in [0.15, 0.2) is 48.5 Å². The summed E-state index contributed by atoms with van der Waals surface area (Å²) in [5, 5.41) is 6.07. The molecule has 1 heterocycles. The largest absolute Gasteiger partial charge is 0.332 e. The van der Waals surface area contributed by atoms with Crippen molar-refractivity contribution in [1.82, 2.24) is 14.8 Å². The molecular weight excluding hydrogens is 403 g/mol. The van der Waals surface area contributed by atoms with Gasteiger partial charge in [0.2, 0.25) is 5.95 Å². The summed E-state index contributed by atoms with van der Waals surface area (Å²) in [6, 6.07) is 16.3. The van der Waals surface area contributed by atoms with Gasteiger partial charge in [0, 0.05) is 18.0 Å². The van der Waals surface area contributed by atoms with Crippen LogP contribution in [-0.2, 0) is 6.42 Å². The van der Waals surface area contributed by atoms with E-state index >= 15 is 0 Å². The van der Waals surface area contributed by atoms with E-state index in [-0.39, 0.29) is 6.04 Å². The second-order valence-corrected chi connectivity index (χ2v) is 7.94. The molecule has 4 nitrogen and oxygen atoms in total. The predicted octanol–water partition coefficient (Wildman–Crippen LogP) is 6.89. The molecule has 0 amide bonds. The van der Waals surface area contributed by atoms with Crippen molar-refractivity contribution in [3.8, 4) is 5.69 Å². The molecule has 0 radical (unpaired) electrons. The number of rotatable bonds is 9. The average Bonchev–Trinajstić information content (AvgIpc) is 3.15. The molecule has 0 aliphatic heterocycles. The third kappa shape index (κ3) is 4.93. The smallest absolute Gasteiger partial charge is 0.245 e. The van der Waals surface area contributed by atoms with E-state index in [2.05, 4.69) is 56.0 Å². The highest BCUT2D eigenvalue weighted by atomic mass is 35.5. The van der Waals surface area contributed by atoms with Crippen LogP contribution in [-0.4, -0.2) is 21.3 Å². The highest BCUT2D eigenvalue weighted by Crippen LogP contribution is 2.31. The van der Waals surface area contributed by atoms with E-state index in [4.69, 9.17) is 33.3 Å². The van der Waals surface area contributed by atoms with Gasteiger partial charge in [0.1, 0.15) is 5.82 Å². The van der Waals surface area contributed by atoms with E-state index in [1.54, 1.807) is 6.07 Å². The molecule has 1 unspecified atom stereocenters. The van der Waals surface area contributed by atoms with E-state index in [1.165, 1.54) is 5.56 Å². The van der Waals surface area contributed by atoms with Crippen molar-refractivity contribution in [2.24, 2.45) is 0 Å². The second-order valence-electron chi connectivity index (χ2n) is 7.10. The van der Waals surface area contributed by atoms with Crippen LogP contribution in [0.25, 0.3) is 5.69 Å². The molecule has 0 bridgehead atoms. The van der Waals surface area contributed by atoms with Gasteiger partial charge in [0.15, 0.2) is 0 Å². The third-order valence-electron chi connectivity index (χ3n) is 4.96. The maximum atomic E-state index is 6.46. The van der Waals surface area contributed by atoms with E-state index < -0.39 is 0 Å². The zero-order chi connectivity index (χ0) is 20.8. The Balaban J connectivity index is 2.06. The van der Waals surface area contributed by atoms with Gasteiger partial charge < -0.3 is 4.90 Å². The first kappa shape index (κ1) is 21.7. The number of halogens is 2. The fourth-order valence-electron chi connectivity index (χ4n) is 3.62. The summed E-state index contributed by atoms with van der Waals surface area (Å²) in [6.45, 7) is 7.38. The van der Waals surface area contributed by atoms with Gasteiger partial charge in [-0.2, -0.15) is 4.98 Å². The fraction of sp³-hybridized carbons (Fsp3) is 0.391. The molecule has 1 atom stereocenters. The van der Waals surface area contributed by atoms with Crippen molar-refractivity contribution >= 4 is 29.2 Å². The molecule has 0 N–H and O–H groups in total. The molecule has 0 fully saturated rings. The Bertz CT molecular complexity index is 924. The molecular formula is C23H28Cl2N4. The Morgan fingerprint density at radius 2 is 1.76 bits per heavy atom. The van der Waals surface area contributed by atoms with E-state index in [9.17, 15) is 0 Å². The molecule has 0 spiro atoms. The summed E-state index contributed by atoms with van der Waals surface area (Å²) in [7, 11) is 0. The summed E-state index contributed by atoms with van der Waals surface area (Å²) >= 11 is 12.5. The molecule has 0 aliphatic carbocycles. The SMILES string of the molecule is CCCC(c1ccccc1)N(CCC)c1nc(CC)n(-c2ccc(Cl)cc2Cl)n1. The van der Waals surface area contributed by atoms with Gasteiger partial charge in [0.25, 0.3) is 0 Å². The Morgan fingerprint density at radius 1 is 1.00 bits per heavy atom. The first-order valence-corrected chi connectivity index (χ1v) is 11.1. The van der Waals surface area contributed by atoms with Gasteiger partial charge in [-0.3, -0.25) is 0 Å². The van der Waals surface area contributed by atoms with Crippen LogP contribution in [0.4, 0.5) is 5.95 Å². The lowest BCUT2D eigenvalue weighted by atomic mass is 10.0. The first-order chi connectivity index (χ1) is 14.1. The van der Waals surface area contributed by atoms with Crippen molar-refractivity contribution in [3.05, 3.63) is 70.0 Å². The van der Waals surface area contributed by atoms with Gasteiger partial charge in [0.05, 0.1) is 16.8 Å². The van der Waals surface area contributed by atoms with Crippen molar-refractivity contribution < 1.29 is 0 Å². The van der Waals surface area contributed by atoms with Crippen molar-refractivity contribution in [2.45, 2.75) is 52.5 Å². The summed E-state index contributed by atoms with van der Waals surface area (Å²) in [6.07, 6.45) is 3.91. The third-order valence-corrected chi connectivity index (χ3v) is 5.50. The lowest BCUT2D eigenvalue weighted by Crippen LogP contribution is -2.30. The number of nitrogens with zero attached hydrogens (tertiary/aromatic N) is 4. The Hall–Kier alpha value is -2.04. The normalized spacial score (nSPS) is 12.2. The number of hydrogen-bond acceptors (Lipinski definition) is 3. The topological polar surface area (TPSA) is 34.0 Å². The zero-order valence-electron chi connectivity index (χ0n) is 17.3. The number of anilines is 1. The summed E-state index contributed by atoms with van der Waals surface area (Å²) < 4.78 is 1.85. The minimum atomic E-state index is 0.238. The molecule has 3 rings (SSSR count). The van der Waals surface area contributed by atoms with Crippen molar-refractivity contribution in [2.75, 3.05) is 11.4 Å². The summed E-state index contributed by atoms with van der Waals surface area (Å²) in [4.78, 5) is 7.23. The molecule has 6 heteroatoms. The number of aromatic nitrogens is 3.